The summed E-state index contributed by atoms with van der Waals surface area (Å²) in [6.45, 7) is 27.2. The normalized spacial score (nSPS) is 16.0. The van der Waals surface area contributed by atoms with Gasteiger partial charge in [0.1, 0.15) is 43.1 Å². The molecule has 0 bridgehead atoms. The van der Waals surface area contributed by atoms with Crippen LogP contribution in [0.4, 0.5) is 19.4 Å². The summed E-state index contributed by atoms with van der Waals surface area (Å²) in [5, 5.41) is 2.54. The van der Waals surface area contributed by atoms with Gasteiger partial charge in [-0.3, -0.25) is 15.3 Å². The van der Waals surface area contributed by atoms with Crippen LogP contribution in [-0.2, 0) is 9.47 Å². The zero-order valence-electron chi connectivity index (χ0n) is 39.2. The lowest BCUT2D eigenvalue weighted by Gasteiger charge is -2.38. The van der Waals surface area contributed by atoms with Crippen molar-refractivity contribution in [3.63, 3.8) is 0 Å². The van der Waals surface area contributed by atoms with Crippen LogP contribution < -0.4 is 14.9 Å². The monoisotopic (exact) mass is 874 g/mol. The second kappa shape index (κ2) is 20.3. The van der Waals surface area contributed by atoms with E-state index in [0.29, 0.717) is 46.1 Å². The zero-order chi connectivity index (χ0) is 45.6. The molecule has 1 amide bonds. The highest BCUT2D eigenvalue weighted by molar-refractivity contribution is 6.90. The van der Waals surface area contributed by atoms with Crippen LogP contribution in [0.25, 0.3) is 32.9 Å². The number of anilines is 1. The number of amides is 1. The van der Waals surface area contributed by atoms with E-state index >= 15 is 8.78 Å². The number of aromatic nitrogens is 3. The fraction of sp³-hybridized carbons (Fsp3) is 0.583. The number of likely N-dealkylation sites (N-methyl/N-ethyl adjacent to an activating group) is 1. The Morgan fingerprint density at radius 2 is 1.74 bits per heavy atom. The van der Waals surface area contributed by atoms with Gasteiger partial charge in [-0.2, -0.15) is 9.97 Å². The van der Waals surface area contributed by atoms with Crippen molar-refractivity contribution in [2.45, 2.75) is 143 Å². The highest BCUT2D eigenvalue weighted by Gasteiger charge is 2.42. The van der Waals surface area contributed by atoms with Gasteiger partial charge in [-0.05, 0) is 100 Å². The summed E-state index contributed by atoms with van der Waals surface area (Å²) >= 11 is 0. The standard InChI is InChI=1S/C48H68F2N6O5Si/c1-14-16-17-24-56(46(57)61-47(9,10)11)54-44-38-28-51-42(41(50)43(38)52-45(53-44)59-29-48(12)22-18-23-55(48)15-2)37-27-35(60-30-58-13)26-34-19-20-39(49)36(40(34)37)21-25-62(31(3)4,32(5)6)33(7)8/h19-20,26-28,31-33H,14-18,22-24,29-30H2,1-13H3,(H,52,53,54)/t48-/m1/s1. The number of rotatable bonds is 17. The first-order valence-corrected chi connectivity index (χ1v) is 24.5. The topological polar surface area (TPSA) is 111 Å². The quantitative estimate of drug-likeness (QED) is 0.0362. The molecule has 338 valence electrons. The van der Waals surface area contributed by atoms with E-state index in [1.54, 1.807) is 39.0 Å². The molecule has 0 aliphatic carbocycles. The van der Waals surface area contributed by atoms with Crippen molar-refractivity contribution in [2.24, 2.45) is 0 Å². The van der Waals surface area contributed by atoms with Crippen molar-refractivity contribution in [3.8, 4) is 34.5 Å². The van der Waals surface area contributed by atoms with E-state index < -0.39 is 31.4 Å². The molecule has 4 aromatic rings. The maximum Gasteiger partial charge on any atom is 0.429 e. The molecule has 0 saturated carbocycles. The molecule has 1 aliphatic rings. The lowest BCUT2D eigenvalue weighted by atomic mass is 9.95. The van der Waals surface area contributed by atoms with Gasteiger partial charge in [-0.25, -0.2) is 18.6 Å². The van der Waals surface area contributed by atoms with E-state index in [-0.39, 0.29) is 58.5 Å². The maximum absolute atomic E-state index is 17.7. The molecule has 0 unspecified atom stereocenters. The number of nitrogens with zero attached hydrogens (tertiary/aromatic N) is 5. The third kappa shape index (κ3) is 10.6. The van der Waals surface area contributed by atoms with Crippen LogP contribution >= 0.6 is 0 Å². The predicted octanol–water partition coefficient (Wildman–Crippen LogP) is 11.7. The molecule has 14 heteroatoms. The van der Waals surface area contributed by atoms with Crippen LogP contribution in [0.5, 0.6) is 11.8 Å². The van der Waals surface area contributed by atoms with Gasteiger partial charge < -0.3 is 18.9 Å². The molecule has 0 radical (unpaired) electrons. The average Bonchev–Trinajstić information content (AvgIpc) is 3.59. The zero-order valence-corrected chi connectivity index (χ0v) is 40.2. The Morgan fingerprint density at radius 3 is 2.37 bits per heavy atom. The Bertz CT molecular complexity index is 2250. The number of fused-ring (bicyclic) bond motifs is 2. The van der Waals surface area contributed by atoms with E-state index in [9.17, 15) is 4.79 Å². The summed E-state index contributed by atoms with van der Waals surface area (Å²) in [5.41, 5.74) is 6.90. The lowest BCUT2D eigenvalue weighted by Crippen LogP contribution is -2.45. The summed E-state index contributed by atoms with van der Waals surface area (Å²) < 4.78 is 57.3. The van der Waals surface area contributed by atoms with Crippen molar-refractivity contribution < 1.29 is 32.5 Å². The van der Waals surface area contributed by atoms with E-state index in [4.69, 9.17) is 28.9 Å². The molecule has 1 fully saturated rings. The molecule has 11 nitrogen and oxygen atoms in total. The average molecular weight is 875 g/mol. The van der Waals surface area contributed by atoms with E-state index in [0.717, 1.165) is 38.8 Å². The second-order valence-corrected chi connectivity index (χ2v) is 24.2. The van der Waals surface area contributed by atoms with Gasteiger partial charge in [0.05, 0.1) is 16.5 Å². The van der Waals surface area contributed by atoms with Crippen molar-refractivity contribution in [1.82, 2.24) is 24.9 Å². The van der Waals surface area contributed by atoms with Gasteiger partial charge in [-0.15, -0.1) is 5.54 Å². The molecule has 1 saturated heterocycles. The van der Waals surface area contributed by atoms with Gasteiger partial charge >= 0.3 is 12.1 Å². The molecule has 1 aliphatic heterocycles. The van der Waals surface area contributed by atoms with E-state index in [1.165, 1.54) is 24.4 Å². The first kappa shape index (κ1) is 48.4. The molecule has 62 heavy (non-hydrogen) atoms. The number of halogens is 2. The molecule has 2 aromatic carbocycles. The fourth-order valence-corrected chi connectivity index (χ4v) is 14.3. The van der Waals surface area contributed by atoms with Crippen LogP contribution in [0.15, 0.2) is 30.5 Å². The summed E-state index contributed by atoms with van der Waals surface area (Å²) in [5.74, 6) is 2.50. The number of methoxy groups -OCH3 is 1. The third-order valence-electron chi connectivity index (χ3n) is 12.2. The number of ether oxygens (including phenoxy) is 4. The largest absolute Gasteiger partial charge is 0.468 e. The smallest absolute Gasteiger partial charge is 0.429 e. The number of hydrogen-bond acceptors (Lipinski definition) is 10. The van der Waals surface area contributed by atoms with Crippen LogP contribution in [0.1, 0.15) is 121 Å². The summed E-state index contributed by atoms with van der Waals surface area (Å²) in [7, 11) is -0.809. The van der Waals surface area contributed by atoms with Crippen molar-refractivity contribution in [1.29, 1.82) is 0 Å². The van der Waals surface area contributed by atoms with E-state index in [2.05, 4.69) is 89.1 Å². The van der Waals surface area contributed by atoms with Crippen molar-refractivity contribution >= 4 is 41.7 Å². The van der Waals surface area contributed by atoms with Gasteiger partial charge in [0, 0.05) is 30.8 Å². The molecule has 1 N–H and O–H groups in total. The van der Waals surface area contributed by atoms with Crippen LogP contribution in [0, 0.1) is 23.1 Å². The Kier molecular flexibility index (Phi) is 15.9. The number of carbonyl (C=O) groups is 1. The maximum atomic E-state index is 17.7. The molecular formula is C48H68F2N6O5Si. The highest BCUT2D eigenvalue weighted by atomic mass is 28.3. The van der Waals surface area contributed by atoms with Crippen molar-refractivity contribution in [2.75, 3.05) is 45.6 Å². The van der Waals surface area contributed by atoms with Gasteiger partial charge in [0.15, 0.2) is 18.4 Å². The number of nitrogens with one attached hydrogen (secondary N) is 1. The SMILES string of the molecule is CCCCCN(Nc1nc(OC[C@@]2(C)CCCN2CC)nc2c(F)c(-c3cc(OCOC)cc4ccc(F)c(C#C[Si](C(C)C)(C(C)C)C(C)C)c34)ncc12)C(=O)OC(C)(C)C. The summed E-state index contributed by atoms with van der Waals surface area (Å²) in [6, 6.07) is 6.36. The fourth-order valence-electron chi connectivity index (χ4n) is 9.07. The van der Waals surface area contributed by atoms with Crippen molar-refractivity contribution in [3.05, 3.63) is 47.7 Å². The Labute approximate surface area is 368 Å². The number of pyridine rings is 1. The molecule has 2 aromatic heterocycles. The minimum absolute atomic E-state index is 0.0680. The Morgan fingerprint density at radius 1 is 1.03 bits per heavy atom. The first-order valence-electron chi connectivity index (χ1n) is 22.2. The Hall–Kier alpha value is -4.58. The highest BCUT2D eigenvalue weighted by Crippen LogP contribution is 2.42. The minimum atomic E-state index is -2.32. The molecule has 5 rings (SSSR count). The number of likely N-dealkylation sites (tertiary alicyclic amines) is 1. The van der Waals surface area contributed by atoms with Gasteiger partial charge in [0.2, 0.25) is 0 Å². The van der Waals surface area contributed by atoms with E-state index in [1.807, 2.05) is 0 Å². The number of hydrazine groups is 1. The molecule has 1 atom stereocenters. The molecule has 3 heterocycles. The van der Waals surface area contributed by atoms with Crippen LogP contribution in [0.3, 0.4) is 0 Å². The first-order chi connectivity index (χ1) is 29.3. The number of carbonyl (C=O) groups excluding carboxylic acids is 1. The molecular weight excluding hydrogens is 807 g/mol. The van der Waals surface area contributed by atoms with Gasteiger partial charge in [0.25, 0.3) is 0 Å². The summed E-state index contributed by atoms with van der Waals surface area (Å²) in [6.07, 6.45) is 5.27. The molecule has 0 spiro atoms. The number of unbranched alkanes of at least 4 members (excludes halogenated alkanes) is 2. The number of hydrogen-bond donors (Lipinski definition) is 1. The number of benzene rings is 2. The Balaban J connectivity index is 1.78. The van der Waals surface area contributed by atoms with Gasteiger partial charge in [-0.1, -0.05) is 80.2 Å². The van der Waals surface area contributed by atoms with Crippen LogP contribution in [0.2, 0.25) is 16.6 Å². The summed E-state index contributed by atoms with van der Waals surface area (Å²) in [4.78, 5) is 30.1. The third-order valence-corrected chi connectivity index (χ3v) is 18.5. The predicted molar refractivity (Wildman–Crippen MR) is 247 cm³/mol. The second-order valence-electron chi connectivity index (χ2n) is 18.6. The van der Waals surface area contributed by atoms with Crippen LogP contribution in [-0.4, -0.2) is 90.3 Å². The lowest BCUT2D eigenvalue weighted by molar-refractivity contribution is 0.0293. The minimum Gasteiger partial charge on any atom is -0.468 e.